The first-order chi connectivity index (χ1) is 19.7. The van der Waals surface area contributed by atoms with Gasteiger partial charge in [0.25, 0.3) is 0 Å². The summed E-state index contributed by atoms with van der Waals surface area (Å²) in [7, 11) is 1.50. The van der Waals surface area contributed by atoms with Crippen molar-refractivity contribution in [2.45, 2.75) is 12.2 Å². The van der Waals surface area contributed by atoms with Crippen LogP contribution in [-0.4, -0.2) is 44.2 Å². The Labute approximate surface area is 233 Å². The summed E-state index contributed by atoms with van der Waals surface area (Å²) in [5.41, 5.74) is 0.493. The second-order valence-corrected chi connectivity index (χ2v) is 9.90. The number of fused-ring (bicyclic) bond motifs is 2. The summed E-state index contributed by atoms with van der Waals surface area (Å²) in [5, 5.41) is 51.4. The lowest BCUT2D eigenvalue weighted by Gasteiger charge is -2.42. The molecule has 4 atom stereocenters. The monoisotopic (exact) mass is 556 g/mol. The van der Waals surface area contributed by atoms with Crippen LogP contribution in [-0.2, 0) is 0 Å². The summed E-state index contributed by atoms with van der Waals surface area (Å²) in [5.74, 6) is -5.23. The summed E-state index contributed by atoms with van der Waals surface area (Å²) in [6, 6.07) is 17.0. The minimum atomic E-state index is -1.30. The first-order valence-corrected chi connectivity index (χ1v) is 12.6. The molecule has 2 aliphatic rings. The molecule has 0 amide bonds. The molecule has 2 heterocycles. The number of carbonyl (C=O) groups is 2. The van der Waals surface area contributed by atoms with Gasteiger partial charge < -0.3 is 39.7 Å². The number of Topliss-reactive ketones (excluding diaryl/α,β-unsaturated/α-hetero) is 2. The van der Waals surface area contributed by atoms with Gasteiger partial charge in [0.2, 0.25) is 0 Å². The number of hydrogen-bond acceptors (Lipinski definition) is 10. The zero-order valence-corrected chi connectivity index (χ0v) is 21.5. The number of methoxy groups -OCH3 is 1. The van der Waals surface area contributed by atoms with E-state index >= 15 is 0 Å². The van der Waals surface area contributed by atoms with Gasteiger partial charge in [0.1, 0.15) is 69.3 Å². The van der Waals surface area contributed by atoms with Crippen LogP contribution in [0.2, 0.25) is 0 Å². The highest BCUT2D eigenvalue weighted by atomic mass is 16.5. The second-order valence-electron chi connectivity index (χ2n) is 9.90. The minimum Gasteiger partial charge on any atom is -0.508 e. The third-order valence-corrected chi connectivity index (χ3v) is 7.44. The SMILES string of the molecule is COc1ccc([C@H]2Oc3cc(O)cc(O)c3C(=O)[C@@H]2C2C(=O)c3c(O)cc(O)cc3O[C@H]2c2ccc(O)cc2)cc1. The van der Waals surface area contributed by atoms with E-state index in [1.807, 2.05) is 0 Å². The van der Waals surface area contributed by atoms with Crippen LogP contribution < -0.4 is 14.2 Å². The van der Waals surface area contributed by atoms with E-state index in [0.29, 0.717) is 16.9 Å². The standard InChI is InChI=1S/C31H24O10/c1-39-19-8-4-15(5-9-19)31-27(29(38)25-21(36)11-18(34)13-23(25)41-31)26-28(37)24-20(35)10-17(33)12-22(24)40-30(26)14-2-6-16(32)7-3-14/h2-13,26-27,30-36H,1H3/t26?,27-,30-,31+/m0/s1. The maximum atomic E-state index is 14.3. The fourth-order valence-electron chi connectivity index (χ4n) is 5.59. The van der Waals surface area contributed by atoms with E-state index in [9.17, 15) is 35.1 Å². The van der Waals surface area contributed by atoms with Crippen molar-refractivity contribution < 1.29 is 49.3 Å². The van der Waals surface area contributed by atoms with Crippen molar-refractivity contribution >= 4 is 11.6 Å². The predicted molar refractivity (Wildman–Crippen MR) is 143 cm³/mol. The number of rotatable bonds is 4. The molecule has 10 heteroatoms. The van der Waals surface area contributed by atoms with Crippen molar-refractivity contribution in [2.75, 3.05) is 7.11 Å². The van der Waals surface area contributed by atoms with Crippen molar-refractivity contribution in [1.29, 1.82) is 0 Å². The second kappa shape index (κ2) is 9.67. The molecule has 10 nitrogen and oxygen atoms in total. The molecular weight excluding hydrogens is 532 g/mol. The van der Waals surface area contributed by atoms with Crippen molar-refractivity contribution in [3.05, 3.63) is 95.1 Å². The number of hydrogen-bond donors (Lipinski definition) is 5. The Bertz CT molecular complexity index is 1680. The summed E-state index contributed by atoms with van der Waals surface area (Å²) < 4.78 is 17.7. The zero-order valence-electron chi connectivity index (χ0n) is 21.5. The van der Waals surface area contributed by atoms with E-state index < -0.39 is 47.1 Å². The average Bonchev–Trinajstić information content (AvgIpc) is 2.93. The van der Waals surface area contributed by atoms with E-state index in [-0.39, 0.29) is 39.9 Å². The quantitative estimate of drug-likeness (QED) is 0.236. The van der Waals surface area contributed by atoms with Gasteiger partial charge in [-0.2, -0.15) is 0 Å². The number of benzene rings is 4. The summed E-state index contributed by atoms with van der Waals surface area (Å²) in [6.45, 7) is 0. The Morgan fingerprint density at radius 2 is 1.00 bits per heavy atom. The van der Waals surface area contributed by atoms with E-state index in [1.54, 1.807) is 24.3 Å². The molecule has 0 bridgehead atoms. The van der Waals surface area contributed by atoms with Crippen molar-refractivity contribution in [3.8, 4) is 46.0 Å². The maximum absolute atomic E-state index is 14.3. The normalized spacial score (nSPS) is 21.3. The van der Waals surface area contributed by atoms with Crippen molar-refractivity contribution in [2.24, 2.45) is 11.8 Å². The lowest BCUT2D eigenvalue weighted by molar-refractivity contribution is 0.0129. The Hall–Kier alpha value is -5.38. The molecule has 1 unspecified atom stereocenters. The largest absolute Gasteiger partial charge is 0.508 e. The smallest absolute Gasteiger partial charge is 0.178 e. The molecule has 0 radical (unpaired) electrons. The molecule has 5 N–H and O–H groups in total. The Balaban J connectivity index is 1.58. The molecule has 0 saturated carbocycles. The van der Waals surface area contributed by atoms with Gasteiger partial charge in [0, 0.05) is 24.3 Å². The third-order valence-electron chi connectivity index (χ3n) is 7.44. The topological polar surface area (TPSA) is 163 Å². The van der Waals surface area contributed by atoms with Crippen molar-refractivity contribution in [1.82, 2.24) is 0 Å². The molecule has 41 heavy (non-hydrogen) atoms. The van der Waals surface area contributed by atoms with E-state index in [2.05, 4.69) is 0 Å². The van der Waals surface area contributed by atoms with Gasteiger partial charge in [-0.1, -0.05) is 24.3 Å². The highest BCUT2D eigenvalue weighted by Crippen LogP contribution is 2.53. The summed E-state index contributed by atoms with van der Waals surface area (Å²) in [6.07, 6.45) is -2.23. The first-order valence-electron chi connectivity index (χ1n) is 12.6. The summed E-state index contributed by atoms with van der Waals surface area (Å²) >= 11 is 0. The highest BCUT2D eigenvalue weighted by molar-refractivity contribution is 6.11. The molecular formula is C31H24O10. The Morgan fingerprint density at radius 3 is 1.41 bits per heavy atom. The number of phenols is 5. The predicted octanol–water partition coefficient (Wildman–Crippen LogP) is 4.79. The molecule has 0 aliphatic carbocycles. The van der Waals surface area contributed by atoms with Gasteiger partial charge in [-0.3, -0.25) is 9.59 Å². The molecule has 4 aromatic rings. The third kappa shape index (κ3) is 4.29. The average molecular weight is 557 g/mol. The Morgan fingerprint density at radius 1 is 0.585 bits per heavy atom. The van der Waals surface area contributed by atoms with Crippen molar-refractivity contribution in [3.63, 3.8) is 0 Å². The molecule has 4 aromatic carbocycles. The fourth-order valence-corrected chi connectivity index (χ4v) is 5.59. The van der Waals surface area contributed by atoms with E-state index in [0.717, 1.165) is 12.1 Å². The molecule has 0 fully saturated rings. The number of phenolic OH excluding ortho intramolecular Hbond substituents is 5. The van der Waals surface area contributed by atoms with Crippen LogP contribution in [0.3, 0.4) is 0 Å². The molecule has 6 rings (SSSR count). The lowest BCUT2D eigenvalue weighted by atomic mass is 9.69. The van der Waals surface area contributed by atoms with Crippen LogP contribution in [0.25, 0.3) is 0 Å². The molecule has 2 aliphatic heterocycles. The zero-order chi connectivity index (χ0) is 29.0. The van der Waals surface area contributed by atoms with Gasteiger partial charge in [-0.25, -0.2) is 0 Å². The number of carbonyl (C=O) groups excluding carboxylic acids is 2. The molecule has 208 valence electrons. The number of ketones is 2. The van der Waals surface area contributed by atoms with Gasteiger partial charge in [0.05, 0.1) is 18.9 Å². The minimum absolute atomic E-state index is 0.0324. The van der Waals surface area contributed by atoms with Gasteiger partial charge in [0.15, 0.2) is 11.6 Å². The molecule has 0 saturated heterocycles. The van der Waals surface area contributed by atoms with Crippen LogP contribution >= 0.6 is 0 Å². The van der Waals surface area contributed by atoms with Gasteiger partial charge in [-0.15, -0.1) is 0 Å². The molecule has 0 spiro atoms. The highest BCUT2D eigenvalue weighted by Gasteiger charge is 2.53. The van der Waals surface area contributed by atoms with Crippen LogP contribution in [0.1, 0.15) is 44.1 Å². The van der Waals surface area contributed by atoms with Crippen LogP contribution in [0.15, 0.2) is 72.8 Å². The number of ether oxygens (including phenoxy) is 3. The maximum Gasteiger partial charge on any atom is 0.178 e. The first kappa shape index (κ1) is 25.9. The van der Waals surface area contributed by atoms with Crippen LogP contribution in [0.5, 0.6) is 46.0 Å². The number of aromatic hydroxyl groups is 5. The summed E-state index contributed by atoms with van der Waals surface area (Å²) in [4.78, 5) is 28.6. The Kier molecular flexibility index (Phi) is 6.10. The van der Waals surface area contributed by atoms with E-state index in [1.165, 1.54) is 43.5 Å². The van der Waals surface area contributed by atoms with E-state index in [4.69, 9.17) is 14.2 Å². The van der Waals surface area contributed by atoms with Crippen LogP contribution in [0.4, 0.5) is 0 Å². The van der Waals surface area contributed by atoms with Gasteiger partial charge >= 0.3 is 0 Å². The molecule has 0 aromatic heterocycles. The fraction of sp³-hybridized carbons (Fsp3) is 0.161. The van der Waals surface area contributed by atoms with Crippen LogP contribution in [0, 0.1) is 11.8 Å². The van der Waals surface area contributed by atoms with Gasteiger partial charge in [-0.05, 0) is 35.4 Å². The lowest BCUT2D eigenvalue weighted by Crippen LogP contribution is -2.45.